The molecule has 30 nitrogen and oxygen atoms in total. The summed E-state index contributed by atoms with van der Waals surface area (Å²) in [4.78, 5) is 69.4. The number of fused-ring (bicyclic) bond motifs is 12. The van der Waals surface area contributed by atoms with E-state index in [0.717, 1.165) is 99.5 Å². The summed E-state index contributed by atoms with van der Waals surface area (Å²) in [5.41, 5.74) is 30.0. The van der Waals surface area contributed by atoms with Crippen LogP contribution in [0.5, 0.6) is 46.0 Å². The Kier molecular flexibility index (Phi) is 23.8. The maximum Gasteiger partial charge on any atom is 0.333 e. The van der Waals surface area contributed by atoms with Gasteiger partial charge in [0.1, 0.15) is 11.4 Å². The van der Waals surface area contributed by atoms with Crippen molar-refractivity contribution in [2.75, 3.05) is 42.7 Å². The first-order chi connectivity index (χ1) is 61.8. The van der Waals surface area contributed by atoms with Crippen LogP contribution in [0, 0.1) is 73.0 Å². The third-order valence-corrected chi connectivity index (χ3v) is 22.3. The van der Waals surface area contributed by atoms with Gasteiger partial charge in [-0.05, 0) is 135 Å². The molecule has 636 valence electrons. The van der Waals surface area contributed by atoms with E-state index < -0.39 is 24.0 Å². The summed E-state index contributed by atoms with van der Waals surface area (Å²) in [5.74, 6) is 2.56. The lowest BCUT2D eigenvalue weighted by molar-refractivity contribution is -0.125. The monoisotopic (exact) mass is 1700 g/mol. The smallest absolute Gasteiger partial charge is 0.333 e. The molecule has 18 rings (SSSR count). The van der Waals surface area contributed by atoms with E-state index in [4.69, 9.17) is 70.1 Å². The summed E-state index contributed by atoms with van der Waals surface area (Å²) in [5, 5.41) is 51.4. The largest absolute Gasteiger partial charge is 0.493 e. The third kappa shape index (κ3) is 15.8. The number of pyridine rings is 4. The fraction of sp³-hybridized carbons (Fsp3) is 0.163. The second-order valence-corrected chi connectivity index (χ2v) is 29.9. The highest BCUT2D eigenvalue weighted by atomic mass is 16.5. The van der Waals surface area contributed by atoms with E-state index in [2.05, 4.69) is 44.2 Å². The highest BCUT2D eigenvalue weighted by Gasteiger charge is 2.29. The first-order valence-electron chi connectivity index (χ1n) is 39.8. The number of rotatable bonds is 18. The highest BCUT2D eigenvalue weighted by Crippen LogP contribution is 2.45. The Labute approximate surface area is 731 Å². The van der Waals surface area contributed by atoms with E-state index in [-0.39, 0.29) is 17.1 Å². The Bertz CT molecular complexity index is 7860. The first kappa shape index (κ1) is 85.6. The normalized spacial score (nSPS) is 11.5. The van der Waals surface area contributed by atoms with Gasteiger partial charge in [0.15, 0.2) is 46.0 Å². The predicted molar refractivity (Wildman–Crippen MR) is 486 cm³/mol. The molecule has 0 aliphatic carbocycles. The number of hydrogen-bond acceptors (Lipinski definition) is 22. The first-order valence-corrected chi connectivity index (χ1v) is 39.8. The van der Waals surface area contributed by atoms with Crippen molar-refractivity contribution in [2.45, 2.75) is 39.9 Å². The number of benzene rings is 10. The van der Waals surface area contributed by atoms with Crippen LogP contribution in [0.3, 0.4) is 0 Å². The average Bonchev–Trinajstić information content (AvgIpc) is 1.59. The van der Waals surface area contributed by atoms with Crippen LogP contribution in [0.4, 0.5) is 0 Å². The molecule has 128 heavy (non-hydrogen) atoms. The second-order valence-electron chi connectivity index (χ2n) is 29.9. The van der Waals surface area contributed by atoms with Gasteiger partial charge in [-0.25, -0.2) is 9.59 Å². The number of nitrogens with zero attached hydrogens (tertiary/aromatic N) is 16. The summed E-state index contributed by atoms with van der Waals surface area (Å²) in [6, 6.07) is 62.6. The summed E-state index contributed by atoms with van der Waals surface area (Å²) in [7, 11) is 16.5. The molecular formula is C98H82N18O12. The fourth-order valence-corrected chi connectivity index (χ4v) is 15.9. The third-order valence-electron chi connectivity index (χ3n) is 22.3. The van der Waals surface area contributed by atoms with Crippen molar-refractivity contribution in [1.29, 1.82) is 21.0 Å². The predicted octanol–water partition coefficient (Wildman–Crippen LogP) is 15.3. The number of carbonyl (C=O) groups is 2. The molecule has 18 aromatic rings. The van der Waals surface area contributed by atoms with Gasteiger partial charge in [0.2, 0.25) is 12.2 Å². The number of aryl methyl sites for hydroxylation is 8. The Morgan fingerprint density at radius 1 is 0.359 bits per heavy atom. The summed E-state index contributed by atoms with van der Waals surface area (Å²) >= 11 is 0. The molecule has 8 heterocycles. The van der Waals surface area contributed by atoms with Gasteiger partial charge >= 0.3 is 11.4 Å². The Morgan fingerprint density at radius 2 is 0.648 bits per heavy atom. The zero-order valence-corrected chi connectivity index (χ0v) is 72.0. The van der Waals surface area contributed by atoms with Gasteiger partial charge in [0, 0.05) is 107 Å². The van der Waals surface area contributed by atoms with Crippen LogP contribution < -0.4 is 60.7 Å². The topological polar surface area (TPSA) is 396 Å². The molecule has 30 heteroatoms. The van der Waals surface area contributed by atoms with Crippen molar-refractivity contribution in [3.8, 4) is 104 Å². The lowest BCUT2D eigenvalue weighted by atomic mass is 9.99. The van der Waals surface area contributed by atoms with E-state index in [1.807, 2.05) is 132 Å². The molecule has 0 bridgehead atoms. The Hall–Kier alpha value is -17.4. The van der Waals surface area contributed by atoms with E-state index in [1.54, 1.807) is 183 Å². The summed E-state index contributed by atoms with van der Waals surface area (Å²) < 4.78 is 55.0. The van der Waals surface area contributed by atoms with Gasteiger partial charge in [-0.1, -0.05) is 72.8 Å². The van der Waals surface area contributed by atoms with Gasteiger partial charge in [0.05, 0.1) is 181 Å². The Morgan fingerprint density at radius 3 is 0.969 bits per heavy atom. The van der Waals surface area contributed by atoms with E-state index >= 15 is 0 Å². The van der Waals surface area contributed by atoms with Crippen LogP contribution in [0.15, 0.2) is 216 Å². The van der Waals surface area contributed by atoms with E-state index in [0.29, 0.717) is 118 Å². The second kappa shape index (κ2) is 35.6. The van der Waals surface area contributed by atoms with Gasteiger partial charge in [-0.15, -0.1) is 0 Å². The van der Waals surface area contributed by atoms with Crippen LogP contribution in [0.25, 0.3) is 121 Å². The molecule has 8 aromatic heterocycles. The van der Waals surface area contributed by atoms with Gasteiger partial charge < -0.3 is 49.4 Å². The molecule has 2 amide bonds. The maximum absolute atomic E-state index is 13.4. The van der Waals surface area contributed by atoms with Crippen molar-refractivity contribution in [1.82, 2.24) is 57.8 Å². The number of nitriles is 4. The average molecular weight is 1700 g/mol. The van der Waals surface area contributed by atoms with Gasteiger partial charge in [0.25, 0.3) is 11.8 Å². The summed E-state index contributed by atoms with van der Waals surface area (Å²) in [6.07, 6.45) is 4.84. The molecule has 0 aliphatic heterocycles. The molecule has 0 saturated heterocycles. The number of hydrogen-bond donors (Lipinski definition) is 2. The summed E-state index contributed by atoms with van der Waals surface area (Å²) in [6.45, 7) is 7.67. The molecular weight excluding hydrogens is 1620 g/mol. The van der Waals surface area contributed by atoms with E-state index in [1.165, 1.54) is 18.8 Å². The van der Waals surface area contributed by atoms with Crippen LogP contribution in [0.2, 0.25) is 0 Å². The standard InChI is InChI=1S/C28H23N5O4.C28H23N5O3.C21H18N4O3.C21H18N4O2/c1-16-11-17(14-29)9-10-21(16)33-25-19-12-24(37-26(27(30)34)18-7-5-4-6-8-18)23(36-3)13-20(19)31-15-22(25)32(2)28(33)35;1-16-11-17(14-29)9-10-19(16)26-25-20-12-24(36-27(28(30)34)18-7-5-4-6-8-18)23(35-3)13-21(20)31-15-22(25)33(2)32-26;1-12-7-13(10-22)5-6-16(12)25-20-14-8-18(27-3)19(28-4)9-15(14)23-11-17(20)24(2)21(25)26;1-12-7-13(10-22)5-6-14(12)21-20-15-8-18(26-3)19(27-4)9-16(15)23-11-17(20)25(2)24-21/h4-13,15,26H,1-3H3,(H2,30,34);4-13,15,27H,1-3H3,(H2,30,34);5-9,11H,1-4H3;5-9,11H,1-4H3. The van der Waals surface area contributed by atoms with Crippen LogP contribution in [-0.4, -0.2) is 112 Å². The molecule has 2 atom stereocenters. The lowest BCUT2D eigenvalue weighted by Crippen LogP contribution is -2.26. The SMILES string of the molecule is COc1cc2ncc3c(c(-c4ccc(C#N)cc4C)nn3C)c2cc1OC.COc1cc2ncc3c(c(-c4ccc(C#N)cc4C)nn3C)c2cc1OC(C(N)=O)c1ccccc1.COc1cc2ncc3c(c2cc1OC(C(N)=O)c1ccccc1)n(-c1ccc(C#N)cc1C)c(=O)n3C.COc1cc2ncc3c(c2cc1OC)n(-c1ccc(C#N)cc1C)c(=O)n3C. The molecule has 4 N–H and O–H groups in total. The van der Waals surface area contributed by atoms with Crippen LogP contribution in [-0.2, 0) is 37.8 Å². The number of amides is 2. The van der Waals surface area contributed by atoms with Crippen molar-refractivity contribution >= 4 is 99.3 Å². The number of imidazole rings is 2. The fourth-order valence-electron chi connectivity index (χ4n) is 15.9. The van der Waals surface area contributed by atoms with Crippen molar-refractivity contribution in [3.63, 3.8) is 0 Å². The number of nitrogens with two attached hydrogens (primary N) is 2. The van der Waals surface area contributed by atoms with E-state index in [9.17, 15) is 29.7 Å². The van der Waals surface area contributed by atoms with Crippen molar-refractivity contribution in [3.05, 3.63) is 283 Å². The molecule has 0 radical (unpaired) electrons. The molecule has 0 spiro atoms. The Balaban J connectivity index is 0.000000132. The number of methoxy groups -OCH3 is 6. The van der Waals surface area contributed by atoms with Crippen molar-refractivity contribution in [2.24, 2.45) is 39.7 Å². The van der Waals surface area contributed by atoms with Crippen LogP contribution >= 0.6 is 0 Å². The maximum atomic E-state index is 13.4. The molecule has 2 unspecified atom stereocenters. The zero-order chi connectivity index (χ0) is 90.8. The number of primary amides is 2. The molecule has 10 aromatic carbocycles. The highest BCUT2D eigenvalue weighted by molar-refractivity contribution is 6.14. The molecule has 0 fully saturated rings. The van der Waals surface area contributed by atoms with Crippen molar-refractivity contribution < 1.29 is 47.5 Å². The van der Waals surface area contributed by atoms with Gasteiger partial charge in [-0.2, -0.15) is 31.2 Å². The number of ether oxygens (including phenoxy) is 8. The molecule has 0 saturated carbocycles. The minimum atomic E-state index is -1.06. The quantitative estimate of drug-likeness (QED) is 0.0805. The minimum Gasteiger partial charge on any atom is -0.493 e. The van der Waals surface area contributed by atoms with Crippen LogP contribution in [0.1, 0.15) is 67.8 Å². The zero-order valence-electron chi connectivity index (χ0n) is 72.0. The lowest BCUT2D eigenvalue weighted by Gasteiger charge is -2.19. The number of aromatic nitrogens is 12. The number of carbonyl (C=O) groups excluding carboxylic acids is 2. The van der Waals surface area contributed by atoms with Gasteiger partial charge in [-0.3, -0.25) is 57.2 Å². The molecule has 0 aliphatic rings. The minimum absolute atomic E-state index is 0.188.